The Morgan fingerprint density at radius 1 is 1.29 bits per heavy atom. The average Bonchev–Trinajstić information content (AvgIpc) is 2.35. The predicted octanol–water partition coefficient (Wildman–Crippen LogP) is 1.93. The minimum atomic E-state index is -4.39. The van der Waals surface area contributed by atoms with Crippen LogP contribution in [0.5, 0.6) is 0 Å². The van der Waals surface area contributed by atoms with Gasteiger partial charge in [-0.15, -0.1) is 0 Å². The third-order valence-corrected chi connectivity index (χ3v) is 4.04. The lowest BCUT2D eigenvalue weighted by atomic mass is 10.1. The van der Waals surface area contributed by atoms with E-state index in [4.69, 9.17) is 11.1 Å². The highest BCUT2D eigenvalue weighted by atomic mass is 32.2. The van der Waals surface area contributed by atoms with Crippen molar-refractivity contribution < 1.29 is 21.6 Å². The molecule has 5 nitrogen and oxygen atoms in total. The molecule has 0 saturated heterocycles. The normalized spacial score (nSPS) is 13.9. The first-order chi connectivity index (χ1) is 9.61. The van der Waals surface area contributed by atoms with Crippen molar-refractivity contribution in [2.75, 3.05) is 5.75 Å². The monoisotopic (exact) mass is 323 g/mol. The molecule has 0 radical (unpaired) electrons. The number of nitrogens with two attached hydrogens (primary N) is 1. The summed E-state index contributed by atoms with van der Waals surface area (Å²) in [6.45, 7) is 0. The molecule has 21 heavy (non-hydrogen) atoms. The van der Waals surface area contributed by atoms with E-state index in [0.717, 1.165) is 0 Å². The number of benzene rings is 1. The van der Waals surface area contributed by atoms with Gasteiger partial charge < -0.3 is 5.73 Å². The maximum absolute atomic E-state index is 12.0. The Bertz CT molecular complexity index is 573. The number of sulfonamides is 1. The van der Waals surface area contributed by atoms with Crippen LogP contribution in [0.4, 0.5) is 13.2 Å². The highest BCUT2D eigenvalue weighted by Gasteiger charge is 2.28. The zero-order valence-corrected chi connectivity index (χ0v) is 11.8. The maximum atomic E-state index is 12.0. The van der Waals surface area contributed by atoms with Crippen LogP contribution >= 0.6 is 0 Å². The fraction of sp³-hybridized carbons (Fsp3) is 0.417. The summed E-state index contributed by atoms with van der Waals surface area (Å²) < 4.78 is 61.8. The molecule has 9 heteroatoms. The molecule has 1 rings (SSSR count). The molecule has 0 heterocycles. The number of hydrogen-bond acceptors (Lipinski definition) is 3. The molecule has 0 aliphatic heterocycles. The van der Waals surface area contributed by atoms with Crippen molar-refractivity contribution in [1.29, 1.82) is 5.41 Å². The summed E-state index contributed by atoms with van der Waals surface area (Å²) in [6.07, 6.45) is -6.11. The van der Waals surface area contributed by atoms with Gasteiger partial charge in [0.05, 0.1) is 5.75 Å². The van der Waals surface area contributed by atoms with Crippen molar-refractivity contribution in [1.82, 2.24) is 4.72 Å². The Hall–Kier alpha value is -1.61. The van der Waals surface area contributed by atoms with E-state index in [1.54, 1.807) is 30.3 Å². The molecule has 0 aliphatic carbocycles. The van der Waals surface area contributed by atoms with Gasteiger partial charge >= 0.3 is 6.18 Å². The van der Waals surface area contributed by atoms with E-state index in [9.17, 15) is 21.6 Å². The van der Waals surface area contributed by atoms with Crippen molar-refractivity contribution in [3.63, 3.8) is 0 Å². The molecular formula is C12H16F3N3O2S. The zero-order chi connectivity index (χ0) is 16.1. The van der Waals surface area contributed by atoms with E-state index in [-0.39, 0.29) is 0 Å². The van der Waals surface area contributed by atoms with Gasteiger partial charge in [0, 0.05) is 6.42 Å². The molecule has 1 unspecified atom stereocenters. The van der Waals surface area contributed by atoms with Crippen LogP contribution in [0.3, 0.4) is 0 Å². The van der Waals surface area contributed by atoms with Gasteiger partial charge in [-0.3, -0.25) is 5.41 Å². The van der Waals surface area contributed by atoms with Crippen LogP contribution in [0.2, 0.25) is 0 Å². The molecule has 0 bridgehead atoms. The molecule has 0 spiro atoms. The van der Waals surface area contributed by atoms with Gasteiger partial charge in [0.25, 0.3) is 0 Å². The Kier molecular flexibility index (Phi) is 5.73. The van der Waals surface area contributed by atoms with Crippen LogP contribution < -0.4 is 10.5 Å². The van der Waals surface area contributed by atoms with E-state index in [1.165, 1.54) is 0 Å². The lowest BCUT2D eigenvalue weighted by Crippen LogP contribution is -2.38. The molecule has 1 aromatic carbocycles. The minimum Gasteiger partial charge on any atom is -0.386 e. The van der Waals surface area contributed by atoms with E-state index in [2.05, 4.69) is 4.72 Å². The van der Waals surface area contributed by atoms with Crippen LogP contribution in [0.15, 0.2) is 30.3 Å². The fourth-order valence-electron chi connectivity index (χ4n) is 1.66. The lowest BCUT2D eigenvalue weighted by Gasteiger charge is -2.18. The number of nitrogens with one attached hydrogen (secondary N) is 2. The Morgan fingerprint density at radius 3 is 2.33 bits per heavy atom. The van der Waals surface area contributed by atoms with Gasteiger partial charge in [-0.05, 0) is 12.0 Å². The van der Waals surface area contributed by atoms with Crippen molar-refractivity contribution in [2.24, 2.45) is 5.73 Å². The quantitative estimate of drug-likeness (QED) is 0.528. The highest BCUT2D eigenvalue weighted by Crippen LogP contribution is 2.22. The van der Waals surface area contributed by atoms with E-state index in [1.807, 2.05) is 0 Å². The van der Waals surface area contributed by atoms with Crippen molar-refractivity contribution in [3.8, 4) is 0 Å². The number of alkyl halides is 3. The first-order valence-corrected chi connectivity index (χ1v) is 7.71. The van der Waals surface area contributed by atoms with Gasteiger partial charge in [0.1, 0.15) is 11.9 Å². The second-order valence-corrected chi connectivity index (χ2v) is 6.33. The highest BCUT2D eigenvalue weighted by molar-refractivity contribution is 7.89. The summed E-state index contributed by atoms with van der Waals surface area (Å²) in [6, 6.07) is 7.06. The van der Waals surface area contributed by atoms with Crippen LogP contribution in [-0.2, 0) is 10.0 Å². The summed E-state index contributed by atoms with van der Waals surface area (Å²) in [5.74, 6) is -1.11. The largest absolute Gasteiger partial charge is 0.389 e. The van der Waals surface area contributed by atoms with Crippen LogP contribution in [0, 0.1) is 5.41 Å². The Balaban J connectivity index is 2.73. The summed E-state index contributed by atoms with van der Waals surface area (Å²) in [7, 11) is -3.97. The number of rotatable bonds is 7. The second kappa shape index (κ2) is 6.90. The average molecular weight is 323 g/mol. The molecule has 0 aromatic heterocycles. The van der Waals surface area contributed by atoms with Crippen molar-refractivity contribution in [2.45, 2.75) is 25.1 Å². The van der Waals surface area contributed by atoms with E-state index in [0.29, 0.717) is 5.56 Å². The Labute approximate surface area is 120 Å². The molecule has 1 aromatic rings. The molecule has 1 atom stereocenters. The van der Waals surface area contributed by atoms with Crippen LogP contribution in [0.25, 0.3) is 0 Å². The third kappa shape index (κ3) is 6.58. The predicted molar refractivity (Wildman–Crippen MR) is 73.3 cm³/mol. The van der Waals surface area contributed by atoms with Crippen molar-refractivity contribution >= 4 is 15.9 Å². The van der Waals surface area contributed by atoms with Gasteiger partial charge in [0.15, 0.2) is 0 Å². The van der Waals surface area contributed by atoms with Crippen LogP contribution in [0.1, 0.15) is 24.4 Å². The maximum Gasteiger partial charge on any atom is 0.389 e. The number of amidine groups is 1. The summed E-state index contributed by atoms with van der Waals surface area (Å²) in [4.78, 5) is 0. The first kappa shape index (κ1) is 17.4. The van der Waals surface area contributed by atoms with Gasteiger partial charge in [-0.2, -0.15) is 13.2 Å². The SMILES string of the molecule is N=C(N)C(NS(=O)(=O)CCCC(F)(F)F)c1ccccc1. The first-order valence-electron chi connectivity index (χ1n) is 6.06. The molecule has 118 valence electrons. The summed E-state index contributed by atoms with van der Waals surface area (Å²) in [5, 5.41) is 7.42. The molecular weight excluding hydrogens is 307 g/mol. The smallest absolute Gasteiger partial charge is 0.386 e. The minimum absolute atomic E-state index is 0.430. The van der Waals surface area contributed by atoms with Gasteiger partial charge in [-0.25, -0.2) is 13.1 Å². The number of halogens is 3. The third-order valence-electron chi connectivity index (χ3n) is 2.61. The molecule has 0 aliphatic rings. The topological polar surface area (TPSA) is 96.0 Å². The molecule has 0 amide bonds. The Morgan fingerprint density at radius 2 is 1.86 bits per heavy atom. The van der Waals surface area contributed by atoms with Crippen LogP contribution in [-0.4, -0.2) is 26.2 Å². The van der Waals surface area contributed by atoms with E-state index < -0.39 is 46.7 Å². The van der Waals surface area contributed by atoms with Gasteiger partial charge in [-0.1, -0.05) is 30.3 Å². The second-order valence-electron chi connectivity index (χ2n) is 4.45. The summed E-state index contributed by atoms with van der Waals surface area (Å²) in [5.41, 5.74) is 5.80. The zero-order valence-electron chi connectivity index (χ0n) is 11.0. The standard InChI is InChI=1S/C12H16F3N3O2S/c13-12(14,15)7-4-8-21(19,20)18-10(11(16)17)9-5-2-1-3-6-9/h1-3,5-6,10,18H,4,7-8H2,(H3,16,17). The van der Waals surface area contributed by atoms with E-state index >= 15 is 0 Å². The molecule has 0 saturated carbocycles. The molecule has 4 N–H and O–H groups in total. The van der Waals surface area contributed by atoms with Crippen molar-refractivity contribution in [3.05, 3.63) is 35.9 Å². The fourth-order valence-corrected chi connectivity index (χ4v) is 2.92. The summed E-state index contributed by atoms with van der Waals surface area (Å²) >= 11 is 0. The van der Waals surface area contributed by atoms with Gasteiger partial charge in [0.2, 0.25) is 10.0 Å². The number of hydrogen-bond donors (Lipinski definition) is 3. The lowest BCUT2D eigenvalue weighted by molar-refractivity contribution is -0.134. The molecule has 0 fully saturated rings.